The Morgan fingerprint density at radius 2 is 1.79 bits per heavy atom. The molecule has 0 radical (unpaired) electrons. The summed E-state index contributed by atoms with van der Waals surface area (Å²) in [6.07, 6.45) is -6.12. The van der Waals surface area contributed by atoms with Gasteiger partial charge in [-0.25, -0.2) is 14.5 Å². The molecule has 0 amide bonds. The molecule has 0 atom stereocenters. The highest BCUT2D eigenvalue weighted by molar-refractivity contribution is 6.29. The molecule has 0 saturated carbocycles. The van der Waals surface area contributed by atoms with Gasteiger partial charge < -0.3 is 9.64 Å². The molecular formula is C16H10ClF6N5O. The second-order valence-corrected chi connectivity index (χ2v) is 6.77. The molecule has 4 rings (SSSR count). The van der Waals surface area contributed by atoms with Crippen LogP contribution in [0.1, 0.15) is 5.56 Å². The molecule has 1 aliphatic rings. The lowest BCUT2D eigenvalue weighted by Crippen LogP contribution is -2.72. The van der Waals surface area contributed by atoms with Crippen molar-refractivity contribution in [3.05, 3.63) is 47.5 Å². The predicted molar refractivity (Wildman–Crippen MR) is 88.9 cm³/mol. The molecule has 0 unspecified atom stereocenters. The van der Waals surface area contributed by atoms with Gasteiger partial charge in [-0.3, -0.25) is 0 Å². The van der Waals surface area contributed by atoms with Crippen LogP contribution in [0.3, 0.4) is 0 Å². The lowest BCUT2D eigenvalue weighted by molar-refractivity contribution is -0.257. The number of imidazole rings is 1. The molecule has 29 heavy (non-hydrogen) atoms. The first-order chi connectivity index (χ1) is 13.5. The lowest BCUT2D eigenvalue weighted by Gasteiger charge is -2.50. The van der Waals surface area contributed by atoms with Crippen LogP contribution in [-0.2, 0) is 6.18 Å². The zero-order valence-electron chi connectivity index (χ0n) is 14.2. The number of nitrogens with zero attached hydrogens (tertiary/aromatic N) is 5. The van der Waals surface area contributed by atoms with Crippen molar-refractivity contribution < 1.29 is 31.1 Å². The Balaban J connectivity index is 1.60. The maximum Gasteiger partial charge on any atom is 0.431 e. The molecule has 0 spiro atoms. The van der Waals surface area contributed by atoms with Gasteiger partial charge in [0, 0.05) is 30.7 Å². The second-order valence-electron chi connectivity index (χ2n) is 6.38. The fourth-order valence-electron chi connectivity index (χ4n) is 2.95. The minimum atomic E-state index is -4.80. The van der Waals surface area contributed by atoms with E-state index in [1.807, 2.05) is 0 Å². The molecule has 154 valence electrons. The molecule has 1 fully saturated rings. The van der Waals surface area contributed by atoms with Crippen LogP contribution < -0.4 is 9.64 Å². The molecule has 1 saturated heterocycles. The summed E-state index contributed by atoms with van der Waals surface area (Å²) >= 11 is 5.91. The third-order valence-electron chi connectivity index (χ3n) is 4.42. The van der Waals surface area contributed by atoms with Gasteiger partial charge in [-0.2, -0.15) is 31.4 Å². The van der Waals surface area contributed by atoms with E-state index in [0.29, 0.717) is 23.6 Å². The van der Waals surface area contributed by atoms with Crippen LogP contribution in [0.5, 0.6) is 5.88 Å². The molecule has 1 aliphatic heterocycles. The number of hydrogen-bond donors (Lipinski definition) is 0. The summed E-state index contributed by atoms with van der Waals surface area (Å²) in [6, 6.07) is 2.75. The Morgan fingerprint density at radius 3 is 2.38 bits per heavy atom. The summed E-state index contributed by atoms with van der Waals surface area (Å²) in [5.41, 5.74) is -3.11. The van der Waals surface area contributed by atoms with Gasteiger partial charge in [-0.1, -0.05) is 11.6 Å². The molecular weight excluding hydrogens is 428 g/mol. The first-order valence-electron chi connectivity index (χ1n) is 8.02. The van der Waals surface area contributed by atoms with Crippen molar-refractivity contribution >= 4 is 22.9 Å². The summed E-state index contributed by atoms with van der Waals surface area (Å²) < 4.78 is 85.3. The van der Waals surface area contributed by atoms with Gasteiger partial charge in [0.25, 0.3) is 0 Å². The minimum Gasteiger partial charge on any atom is -0.457 e. The van der Waals surface area contributed by atoms with Crippen LogP contribution in [0.2, 0.25) is 5.15 Å². The van der Waals surface area contributed by atoms with Crippen LogP contribution in [0.25, 0.3) is 5.65 Å². The number of rotatable bonds is 3. The van der Waals surface area contributed by atoms with E-state index in [4.69, 9.17) is 16.3 Å². The van der Waals surface area contributed by atoms with Crippen LogP contribution in [0.4, 0.5) is 32.0 Å². The average molecular weight is 438 g/mol. The number of halogens is 7. The molecule has 0 N–H and O–H groups in total. The van der Waals surface area contributed by atoms with Crippen LogP contribution >= 0.6 is 11.6 Å². The summed E-state index contributed by atoms with van der Waals surface area (Å²) in [4.78, 5) is 8.76. The van der Waals surface area contributed by atoms with E-state index in [0.717, 1.165) is 6.07 Å². The number of anilines is 1. The maximum absolute atomic E-state index is 13.7. The normalized spacial score (nSPS) is 16.7. The van der Waals surface area contributed by atoms with Crippen molar-refractivity contribution in [3.63, 3.8) is 0 Å². The Labute approximate surface area is 163 Å². The van der Waals surface area contributed by atoms with E-state index in [-0.39, 0.29) is 5.15 Å². The summed E-state index contributed by atoms with van der Waals surface area (Å²) in [5.74, 6) is -0.561. The third kappa shape index (κ3) is 3.41. The first kappa shape index (κ1) is 19.6. The highest BCUT2D eigenvalue weighted by Crippen LogP contribution is 2.44. The van der Waals surface area contributed by atoms with E-state index in [9.17, 15) is 26.3 Å². The first-order valence-corrected chi connectivity index (χ1v) is 8.40. The lowest BCUT2D eigenvalue weighted by atomic mass is 9.92. The fraction of sp³-hybridized carbons (Fsp3) is 0.312. The van der Waals surface area contributed by atoms with Gasteiger partial charge in [0.1, 0.15) is 0 Å². The molecule has 3 aromatic heterocycles. The number of pyridine rings is 1. The highest BCUT2D eigenvalue weighted by Gasteiger charge is 2.65. The van der Waals surface area contributed by atoms with Crippen LogP contribution in [0, 0.1) is 0 Å². The maximum atomic E-state index is 13.7. The van der Waals surface area contributed by atoms with Gasteiger partial charge >= 0.3 is 12.4 Å². The quantitative estimate of drug-likeness (QED) is 0.580. The van der Waals surface area contributed by atoms with Gasteiger partial charge in [-0.15, -0.1) is 0 Å². The number of aromatic nitrogens is 4. The molecule has 6 nitrogen and oxygen atoms in total. The Morgan fingerprint density at radius 1 is 1.07 bits per heavy atom. The molecule has 0 bridgehead atoms. The standard InChI is InChI=1S/C16H10ClF6N5O/c17-11-5-10(13-24-3-4-28(13)26-11)27-7-14(8-27,16(21,22)23)29-12-2-1-9(6-25-12)15(18,19)20/h1-6H,7-8H2. The van der Waals surface area contributed by atoms with Crippen molar-refractivity contribution in [1.82, 2.24) is 19.6 Å². The van der Waals surface area contributed by atoms with Crippen molar-refractivity contribution in [2.75, 3.05) is 18.0 Å². The fourth-order valence-corrected chi connectivity index (χ4v) is 3.14. The SMILES string of the molecule is FC(F)(F)c1ccc(OC2(C(F)(F)F)CN(c3cc(Cl)nn4ccnc34)C2)nc1. The minimum absolute atomic E-state index is 0.0559. The number of fused-ring (bicyclic) bond motifs is 1. The molecule has 4 heterocycles. The van der Waals surface area contributed by atoms with Gasteiger partial charge in [0.05, 0.1) is 24.3 Å². The van der Waals surface area contributed by atoms with Crippen molar-refractivity contribution in [2.45, 2.75) is 18.0 Å². The number of hydrogen-bond acceptors (Lipinski definition) is 5. The largest absolute Gasteiger partial charge is 0.457 e. The summed E-state index contributed by atoms with van der Waals surface area (Å²) in [7, 11) is 0. The Kier molecular flexibility index (Phi) is 4.30. The van der Waals surface area contributed by atoms with E-state index in [2.05, 4.69) is 15.1 Å². The Hall–Kier alpha value is -2.76. The zero-order valence-corrected chi connectivity index (χ0v) is 14.9. The van der Waals surface area contributed by atoms with Gasteiger partial charge in [-0.05, 0) is 6.07 Å². The summed E-state index contributed by atoms with van der Waals surface area (Å²) in [6.45, 7) is -1.25. The average Bonchev–Trinajstić information content (AvgIpc) is 3.04. The molecule has 3 aromatic rings. The van der Waals surface area contributed by atoms with E-state index in [1.54, 1.807) is 0 Å². The van der Waals surface area contributed by atoms with Crippen LogP contribution in [-0.4, -0.2) is 44.4 Å². The second kappa shape index (κ2) is 6.37. The van der Waals surface area contributed by atoms with E-state index in [1.165, 1.54) is 27.9 Å². The van der Waals surface area contributed by atoms with Crippen molar-refractivity contribution in [2.24, 2.45) is 0 Å². The van der Waals surface area contributed by atoms with Gasteiger partial charge in [0.2, 0.25) is 11.5 Å². The zero-order chi connectivity index (χ0) is 21.0. The third-order valence-corrected chi connectivity index (χ3v) is 4.61. The number of alkyl halides is 6. The topological polar surface area (TPSA) is 55.5 Å². The van der Waals surface area contributed by atoms with Crippen LogP contribution in [0.15, 0.2) is 36.8 Å². The highest BCUT2D eigenvalue weighted by atomic mass is 35.5. The van der Waals surface area contributed by atoms with Crippen molar-refractivity contribution in [3.8, 4) is 5.88 Å². The molecule has 0 aliphatic carbocycles. The van der Waals surface area contributed by atoms with E-state index >= 15 is 0 Å². The monoisotopic (exact) mass is 437 g/mol. The summed E-state index contributed by atoms with van der Waals surface area (Å²) in [5, 5.41) is 4.01. The number of ether oxygens (including phenoxy) is 1. The van der Waals surface area contributed by atoms with E-state index < -0.39 is 42.5 Å². The van der Waals surface area contributed by atoms with Crippen molar-refractivity contribution in [1.29, 1.82) is 0 Å². The molecule has 0 aromatic carbocycles. The molecule has 13 heteroatoms. The smallest absolute Gasteiger partial charge is 0.431 e. The Bertz CT molecular complexity index is 1040. The predicted octanol–water partition coefficient (Wildman–Crippen LogP) is 4.00. The van der Waals surface area contributed by atoms with Gasteiger partial charge in [0.15, 0.2) is 10.8 Å².